The average Bonchev–Trinajstić information content (AvgIpc) is 2.70. The minimum absolute atomic E-state index is 0.405. The fourth-order valence-electron chi connectivity index (χ4n) is 1.81. The van der Waals surface area contributed by atoms with Crippen molar-refractivity contribution >= 4 is 28.9 Å². The lowest BCUT2D eigenvalue weighted by Gasteiger charge is -2.13. The van der Waals surface area contributed by atoms with Crippen molar-refractivity contribution in [3.63, 3.8) is 0 Å². The van der Waals surface area contributed by atoms with Crippen molar-refractivity contribution in [3.05, 3.63) is 20.8 Å². The van der Waals surface area contributed by atoms with Crippen LogP contribution in [0, 0.1) is 3.57 Å². The van der Waals surface area contributed by atoms with Crippen molar-refractivity contribution in [3.8, 4) is 11.5 Å². The molecular formula is C11H11IO4. The molecule has 4 nitrogen and oxygen atoms in total. The van der Waals surface area contributed by atoms with Gasteiger partial charge >= 0.3 is 0 Å². The van der Waals surface area contributed by atoms with E-state index in [0.29, 0.717) is 12.4 Å². The van der Waals surface area contributed by atoms with E-state index < -0.39 is 6.10 Å². The van der Waals surface area contributed by atoms with Gasteiger partial charge in [-0.3, -0.25) is 0 Å². The maximum Gasteiger partial charge on any atom is 0.153 e. The molecule has 0 N–H and O–H groups in total. The van der Waals surface area contributed by atoms with E-state index in [2.05, 4.69) is 22.6 Å². The first-order valence-electron chi connectivity index (χ1n) is 4.73. The average molecular weight is 334 g/mol. The van der Waals surface area contributed by atoms with Crippen LogP contribution in [0.1, 0.15) is 17.2 Å². The predicted octanol–water partition coefficient (Wildman–Crippen LogP) is 2.08. The number of hydrogen-bond donors (Lipinski definition) is 0. The van der Waals surface area contributed by atoms with Gasteiger partial charge in [-0.05, 0) is 28.7 Å². The summed E-state index contributed by atoms with van der Waals surface area (Å²) in [6.45, 7) is 0.405. The normalized spacial score (nSPS) is 18.1. The van der Waals surface area contributed by atoms with Gasteiger partial charge in [0.2, 0.25) is 0 Å². The smallest absolute Gasteiger partial charge is 0.153 e. The highest BCUT2D eigenvalue weighted by molar-refractivity contribution is 14.1. The summed E-state index contributed by atoms with van der Waals surface area (Å²) < 4.78 is 16.8. The number of carbonyl (C=O) groups excluding carboxylic acids is 1. The van der Waals surface area contributed by atoms with E-state index in [0.717, 1.165) is 26.7 Å². The Bertz CT molecular complexity index is 430. The molecular weight excluding hydrogens is 323 g/mol. The third-order valence-corrected chi connectivity index (χ3v) is 3.61. The van der Waals surface area contributed by atoms with Gasteiger partial charge in [-0.1, -0.05) is 0 Å². The number of carbonyl (C=O) groups is 1. The molecule has 86 valence electrons. The zero-order valence-electron chi connectivity index (χ0n) is 8.95. The molecule has 1 aliphatic heterocycles. The zero-order valence-corrected chi connectivity index (χ0v) is 11.1. The maximum atomic E-state index is 10.8. The van der Waals surface area contributed by atoms with Crippen molar-refractivity contribution in [1.29, 1.82) is 0 Å². The van der Waals surface area contributed by atoms with E-state index in [4.69, 9.17) is 14.2 Å². The number of halogens is 1. The van der Waals surface area contributed by atoms with Crippen LogP contribution in [0.25, 0.3) is 0 Å². The summed E-state index contributed by atoms with van der Waals surface area (Å²) in [6, 6.07) is 1.84. The molecule has 0 spiro atoms. The second kappa shape index (κ2) is 4.58. The van der Waals surface area contributed by atoms with Crippen molar-refractivity contribution in [2.24, 2.45) is 0 Å². The fraction of sp³-hybridized carbons (Fsp3) is 0.364. The van der Waals surface area contributed by atoms with Crippen LogP contribution in [-0.2, 0) is 16.1 Å². The molecule has 0 aliphatic carbocycles. The van der Waals surface area contributed by atoms with Crippen LogP contribution in [0.5, 0.6) is 11.5 Å². The molecule has 16 heavy (non-hydrogen) atoms. The summed E-state index contributed by atoms with van der Waals surface area (Å²) in [4.78, 5) is 10.8. The van der Waals surface area contributed by atoms with Crippen LogP contribution in [0.4, 0.5) is 0 Å². The van der Waals surface area contributed by atoms with Gasteiger partial charge in [-0.15, -0.1) is 0 Å². The Morgan fingerprint density at radius 2 is 2.25 bits per heavy atom. The number of hydrogen-bond acceptors (Lipinski definition) is 4. The SMILES string of the molecule is COc1cc2c(c(OC)c1I)COC2C=O. The third-order valence-electron chi connectivity index (χ3n) is 2.59. The standard InChI is InChI=1S/C11H11IO4/c1-14-8-3-6-7(5-16-9(6)4-13)11(15-2)10(8)12/h3-4,9H,5H2,1-2H3. The van der Waals surface area contributed by atoms with Gasteiger partial charge in [0.1, 0.15) is 17.6 Å². The third kappa shape index (κ3) is 1.67. The lowest BCUT2D eigenvalue weighted by molar-refractivity contribution is -0.117. The molecule has 1 aromatic rings. The first kappa shape index (κ1) is 11.7. The molecule has 1 atom stereocenters. The van der Waals surface area contributed by atoms with Crippen molar-refractivity contribution in [2.45, 2.75) is 12.7 Å². The minimum atomic E-state index is -0.505. The van der Waals surface area contributed by atoms with E-state index >= 15 is 0 Å². The van der Waals surface area contributed by atoms with Gasteiger partial charge in [0, 0.05) is 11.1 Å². The number of fused-ring (bicyclic) bond motifs is 1. The Labute approximate surface area is 107 Å². The number of ether oxygens (including phenoxy) is 3. The van der Waals surface area contributed by atoms with Crippen LogP contribution in [0.2, 0.25) is 0 Å². The summed E-state index contributed by atoms with van der Waals surface area (Å²) in [7, 11) is 3.19. The topological polar surface area (TPSA) is 44.8 Å². The predicted molar refractivity (Wildman–Crippen MR) is 65.9 cm³/mol. The monoisotopic (exact) mass is 334 g/mol. The van der Waals surface area contributed by atoms with Crippen molar-refractivity contribution < 1.29 is 19.0 Å². The number of aldehydes is 1. The van der Waals surface area contributed by atoms with E-state index in [9.17, 15) is 4.79 Å². The molecule has 5 heteroatoms. The Morgan fingerprint density at radius 3 is 2.81 bits per heavy atom. The first-order valence-corrected chi connectivity index (χ1v) is 5.81. The number of methoxy groups -OCH3 is 2. The van der Waals surface area contributed by atoms with E-state index in [1.54, 1.807) is 14.2 Å². The maximum absolute atomic E-state index is 10.8. The molecule has 0 bridgehead atoms. The number of benzene rings is 1. The Morgan fingerprint density at radius 1 is 1.50 bits per heavy atom. The molecule has 0 saturated carbocycles. The highest BCUT2D eigenvalue weighted by Crippen LogP contribution is 2.42. The zero-order chi connectivity index (χ0) is 11.7. The van der Waals surface area contributed by atoms with E-state index in [-0.39, 0.29) is 0 Å². The molecule has 1 unspecified atom stereocenters. The Hall–Kier alpha value is -0.820. The molecule has 0 saturated heterocycles. The summed E-state index contributed by atoms with van der Waals surface area (Å²) in [6.07, 6.45) is 0.284. The molecule has 0 radical (unpaired) electrons. The molecule has 0 fully saturated rings. The highest BCUT2D eigenvalue weighted by atomic mass is 127. The van der Waals surface area contributed by atoms with Crippen LogP contribution in [0.15, 0.2) is 6.07 Å². The van der Waals surface area contributed by atoms with Gasteiger partial charge in [0.25, 0.3) is 0 Å². The molecule has 2 rings (SSSR count). The second-order valence-corrected chi connectivity index (χ2v) is 4.44. The molecule has 0 amide bonds. The van der Waals surface area contributed by atoms with Gasteiger partial charge in [0.05, 0.1) is 24.4 Å². The Balaban J connectivity index is 2.62. The van der Waals surface area contributed by atoms with Gasteiger partial charge < -0.3 is 19.0 Å². The van der Waals surface area contributed by atoms with Crippen LogP contribution >= 0.6 is 22.6 Å². The molecule has 0 aromatic heterocycles. The fourth-order valence-corrected chi connectivity index (χ4v) is 2.73. The largest absolute Gasteiger partial charge is 0.495 e. The lowest BCUT2D eigenvalue weighted by atomic mass is 10.0. The second-order valence-electron chi connectivity index (χ2n) is 3.36. The van der Waals surface area contributed by atoms with Crippen molar-refractivity contribution in [2.75, 3.05) is 14.2 Å². The number of rotatable bonds is 3. The Kier molecular flexibility index (Phi) is 3.34. The van der Waals surface area contributed by atoms with Crippen molar-refractivity contribution in [1.82, 2.24) is 0 Å². The van der Waals surface area contributed by atoms with Gasteiger partial charge in [-0.2, -0.15) is 0 Å². The van der Waals surface area contributed by atoms with Crippen LogP contribution < -0.4 is 9.47 Å². The molecule has 1 aliphatic rings. The lowest BCUT2D eigenvalue weighted by Crippen LogP contribution is -2.00. The van der Waals surface area contributed by atoms with Gasteiger partial charge in [0.15, 0.2) is 6.29 Å². The molecule has 1 heterocycles. The summed E-state index contributed by atoms with van der Waals surface area (Å²) >= 11 is 2.16. The summed E-state index contributed by atoms with van der Waals surface area (Å²) in [5, 5.41) is 0. The van der Waals surface area contributed by atoms with Crippen LogP contribution in [0.3, 0.4) is 0 Å². The van der Waals surface area contributed by atoms with E-state index in [1.165, 1.54) is 0 Å². The summed E-state index contributed by atoms with van der Waals surface area (Å²) in [5.41, 5.74) is 1.77. The quantitative estimate of drug-likeness (QED) is 0.627. The minimum Gasteiger partial charge on any atom is -0.495 e. The summed E-state index contributed by atoms with van der Waals surface area (Å²) in [5.74, 6) is 1.44. The van der Waals surface area contributed by atoms with Crippen LogP contribution in [-0.4, -0.2) is 20.5 Å². The van der Waals surface area contributed by atoms with E-state index in [1.807, 2.05) is 6.07 Å². The molecule has 1 aromatic carbocycles. The van der Waals surface area contributed by atoms with Gasteiger partial charge in [-0.25, -0.2) is 0 Å². The first-order chi connectivity index (χ1) is 7.72. The highest BCUT2D eigenvalue weighted by Gasteiger charge is 2.29.